The average Bonchev–Trinajstić information content (AvgIpc) is 2.72. The summed E-state index contributed by atoms with van der Waals surface area (Å²) in [5.41, 5.74) is 6.99. The molecule has 3 rings (SSSR count). The van der Waals surface area contributed by atoms with E-state index in [4.69, 9.17) is 4.74 Å². The molecule has 3 aromatic rings. The Morgan fingerprint density at radius 3 is 2.36 bits per heavy atom. The summed E-state index contributed by atoms with van der Waals surface area (Å²) in [5.74, 6) is 0.0654. The third kappa shape index (κ3) is 4.67. The van der Waals surface area contributed by atoms with Crippen LogP contribution in [0.5, 0.6) is 5.75 Å². The predicted octanol–water partition coefficient (Wildman–Crippen LogP) is 3.63. The van der Waals surface area contributed by atoms with Gasteiger partial charge in [0.05, 0.1) is 7.11 Å². The number of nitrogens with one attached hydrogen (secondary N) is 3. The van der Waals surface area contributed by atoms with Crippen molar-refractivity contribution in [3.63, 3.8) is 0 Å². The van der Waals surface area contributed by atoms with Gasteiger partial charge in [0.1, 0.15) is 5.75 Å². The average molecular weight is 375 g/mol. The topological polar surface area (TPSA) is 79.5 Å². The molecule has 0 aliphatic rings. The third-order valence-corrected chi connectivity index (χ3v) is 4.12. The van der Waals surface area contributed by atoms with E-state index in [1.165, 1.54) is 6.08 Å². The molecule has 3 aromatic carbocycles. The molecular formula is C22H21N3O3. The van der Waals surface area contributed by atoms with Crippen molar-refractivity contribution >= 4 is 28.3 Å². The first-order valence-electron chi connectivity index (χ1n) is 8.74. The van der Waals surface area contributed by atoms with E-state index in [1.807, 2.05) is 42.5 Å². The number of amides is 2. The van der Waals surface area contributed by atoms with Gasteiger partial charge in [0, 0.05) is 28.4 Å². The summed E-state index contributed by atoms with van der Waals surface area (Å²) in [7, 11) is 1.56. The highest BCUT2D eigenvalue weighted by Crippen LogP contribution is 2.22. The van der Waals surface area contributed by atoms with Crippen LogP contribution in [-0.2, 0) is 4.79 Å². The Hall–Kier alpha value is -3.80. The van der Waals surface area contributed by atoms with Gasteiger partial charge >= 0.3 is 0 Å². The molecule has 0 atom stereocenters. The molecule has 0 aromatic heterocycles. The summed E-state index contributed by atoms with van der Waals surface area (Å²) < 4.78 is 5.07. The van der Waals surface area contributed by atoms with Crippen LogP contribution in [0.15, 0.2) is 78.5 Å². The SMILES string of the molecule is COc1ccc(C(=O)NNC(C)=CC(=O)Nc2cccc3ccccc23)cc1. The number of ether oxygens (including phenoxy) is 1. The largest absolute Gasteiger partial charge is 0.497 e. The first-order valence-corrected chi connectivity index (χ1v) is 8.74. The second kappa shape index (κ2) is 8.73. The van der Waals surface area contributed by atoms with Crippen molar-refractivity contribution < 1.29 is 14.3 Å². The zero-order valence-electron chi connectivity index (χ0n) is 15.7. The number of carbonyl (C=O) groups excluding carboxylic acids is 2. The van der Waals surface area contributed by atoms with Crippen molar-refractivity contribution in [1.29, 1.82) is 0 Å². The minimum atomic E-state index is -0.315. The Balaban J connectivity index is 1.59. The van der Waals surface area contributed by atoms with Crippen LogP contribution in [0, 0.1) is 0 Å². The first-order chi connectivity index (χ1) is 13.6. The Bertz CT molecular complexity index is 1020. The molecule has 6 nitrogen and oxygen atoms in total. The van der Waals surface area contributed by atoms with E-state index in [0.717, 1.165) is 16.5 Å². The molecule has 0 spiro atoms. The molecule has 0 saturated carbocycles. The number of hydrogen-bond donors (Lipinski definition) is 3. The number of methoxy groups -OCH3 is 1. The fourth-order valence-corrected chi connectivity index (χ4v) is 2.71. The van der Waals surface area contributed by atoms with Crippen LogP contribution in [-0.4, -0.2) is 18.9 Å². The summed E-state index contributed by atoms with van der Waals surface area (Å²) in [5, 5.41) is 4.88. The molecule has 3 N–H and O–H groups in total. The van der Waals surface area contributed by atoms with Crippen molar-refractivity contribution in [2.24, 2.45) is 0 Å². The zero-order chi connectivity index (χ0) is 19.9. The molecule has 0 aliphatic heterocycles. The Labute approximate surface area is 163 Å². The van der Waals surface area contributed by atoms with Gasteiger partial charge in [-0.1, -0.05) is 36.4 Å². The molecule has 0 radical (unpaired) electrons. The van der Waals surface area contributed by atoms with Gasteiger partial charge in [-0.2, -0.15) is 0 Å². The maximum Gasteiger partial charge on any atom is 0.269 e. The van der Waals surface area contributed by atoms with Crippen LogP contribution in [0.2, 0.25) is 0 Å². The molecule has 6 heteroatoms. The fourth-order valence-electron chi connectivity index (χ4n) is 2.71. The quantitative estimate of drug-likeness (QED) is 0.454. The first kappa shape index (κ1) is 19.0. The molecule has 0 unspecified atom stereocenters. The maximum atomic E-state index is 12.3. The number of allylic oxidation sites excluding steroid dienone is 1. The monoisotopic (exact) mass is 375 g/mol. The zero-order valence-corrected chi connectivity index (χ0v) is 15.7. The van der Waals surface area contributed by atoms with E-state index in [0.29, 0.717) is 17.0 Å². The number of anilines is 1. The number of rotatable bonds is 6. The van der Waals surface area contributed by atoms with Gasteiger partial charge in [0.2, 0.25) is 5.91 Å². The predicted molar refractivity (Wildman–Crippen MR) is 110 cm³/mol. The molecule has 0 bridgehead atoms. The lowest BCUT2D eigenvalue weighted by Crippen LogP contribution is -2.36. The van der Waals surface area contributed by atoms with E-state index >= 15 is 0 Å². The van der Waals surface area contributed by atoms with E-state index in [9.17, 15) is 9.59 Å². The Morgan fingerprint density at radius 2 is 1.61 bits per heavy atom. The summed E-state index contributed by atoms with van der Waals surface area (Å²) in [6.07, 6.45) is 1.38. The standard InChI is InChI=1S/C22H21N3O3/c1-15(24-25-22(27)17-10-12-18(28-2)13-11-17)14-21(26)23-20-9-5-7-16-6-3-4-8-19(16)20/h3-14,24H,1-2H3,(H,23,26)(H,25,27). The van der Waals surface area contributed by atoms with E-state index in [1.54, 1.807) is 38.3 Å². The van der Waals surface area contributed by atoms with Gasteiger partial charge < -0.3 is 15.5 Å². The van der Waals surface area contributed by atoms with Crippen LogP contribution in [0.4, 0.5) is 5.69 Å². The number of hydrazine groups is 1. The van der Waals surface area contributed by atoms with Gasteiger partial charge in [-0.05, 0) is 42.6 Å². The van der Waals surface area contributed by atoms with Crippen LogP contribution in [0.1, 0.15) is 17.3 Å². The minimum absolute atomic E-state index is 0.292. The Kier molecular flexibility index (Phi) is 5.91. The van der Waals surface area contributed by atoms with Crippen molar-refractivity contribution in [2.75, 3.05) is 12.4 Å². The molecular weight excluding hydrogens is 354 g/mol. The number of benzene rings is 3. The highest BCUT2D eigenvalue weighted by atomic mass is 16.5. The van der Waals surface area contributed by atoms with Crippen LogP contribution < -0.4 is 20.9 Å². The van der Waals surface area contributed by atoms with Gasteiger partial charge in [-0.3, -0.25) is 15.0 Å². The van der Waals surface area contributed by atoms with Gasteiger partial charge in [0.25, 0.3) is 5.91 Å². The molecule has 142 valence electrons. The van der Waals surface area contributed by atoms with Crippen molar-refractivity contribution in [3.8, 4) is 5.75 Å². The van der Waals surface area contributed by atoms with Gasteiger partial charge in [0.15, 0.2) is 0 Å². The fraction of sp³-hybridized carbons (Fsp3) is 0.0909. The molecule has 0 fully saturated rings. The number of fused-ring (bicyclic) bond motifs is 1. The lowest BCUT2D eigenvalue weighted by molar-refractivity contribution is -0.112. The van der Waals surface area contributed by atoms with E-state index < -0.39 is 0 Å². The third-order valence-electron chi connectivity index (χ3n) is 4.12. The maximum absolute atomic E-state index is 12.3. The molecule has 0 aliphatic carbocycles. The van der Waals surface area contributed by atoms with Crippen molar-refractivity contribution in [3.05, 3.63) is 84.1 Å². The van der Waals surface area contributed by atoms with Crippen LogP contribution in [0.3, 0.4) is 0 Å². The van der Waals surface area contributed by atoms with Crippen molar-refractivity contribution in [2.45, 2.75) is 6.92 Å². The van der Waals surface area contributed by atoms with E-state index in [-0.39, 0.29) is 11.8 Å². The smallest absolute Gasteiger partial charge is 0.269 e. The molecule has 0 saturated heterocycles. The highest BCUT2D eigenvalue weighted by Gasteiger charge is 2.07. The van der Waals surface area contributed by atoms with E-state index in [2.05, 4.69) is 16.2 Å². The number of hydrogen-bond acceptors (Lipinski definition) is 4. The second-order valence-corrected chi connectivity index (χ2v) is 6.15. The molecule has 28 heavy (non-hydrogen) atoms. The summed E-state index contributed by atoms with van der Waals surface area (Å²) in [6.45, 7) is 1.69. The van der Waals surface area contributed by atoms with Crippen molar-refractivity contribution in [1.82, 2.24) is 10.9 Å². The summed E-state index contributed by atoms with van der Waals surface area (Å²) in [6, 6.07) is 20.3. The van der Waals surface area contributed by atoms with Crippen LogP contribution in [0.25, 0.3) is 10.8 Å². The highest BCUT2D eigenvalue weighted by molar-refractivity contribution is 6.06. The Morgan fingerprint density at radius 1 is 0.893 bits per heavy atom. The molecule has 0 heterocycles. The second-order valence-electron chi connectivity index (χ2n) is 6.15. The summed E-state index contributed by atoms with van der Waals surface area (Å²) >= 11 is 0. The normalized spacial score (nSPS) is 11.0. The lowest BCUT2D eigenvalue weighted by Gasteiger charge is -2.10. The van der Waals surface area contributed by atoms with Crippen LogP contribution >= 0.6 is 0 Å². The number of carbonyl (C=O) groups is 2. The van der Waals surface area contributed by atoms with Gasteiger partial charge in [-0.25, -0.2) is 0 Å². The molecule has 2 amide bonds. The summed E-state index contributed by atoms with van der Waals surface area (Å²) in [4.78, 5) is 24.4. The van der Waals surface area contributed by atoms with Gasteiger partial charge in [-0.15, -0.1) is 0 Å². The lowest BCUT2D eigenvalue weighted by atomic mass is 10.1. The minimum Gasteiger partial charge on any atom is -0.497 e.